The van der Waals surface area contributed by atoms with E-state index in [0.29, 0.717) is 12.3 Å². The van der Waals surface area contributed by atoms with Crippen molar-refractivity contribution in [1.29, 1.82) is 0 Å². The Kier molecular flexibility index (Phi) is 7.09. The molecule has 1 unspecified atom stereocenters. The van der Waals surface area contributed by atoms with Crippen LogP contribution in [-0.4, -0.2) is 68.5 Å². The number of hydrogen-bond donors (Lipinski definition) is 1. The molecule has 0 amide bonds. The number of ether oxygens (including phenoxy) is 2. The fourth-order valence-corrected chi connectivity index (χ4v) is 3.37. The van der Waals surface area contributed by atoms with Crippen molar-refractivity contribution in [2.75, 3.05) is 51.3 Å². The number of methoxy groups -OCH3 is 1. The van der Waals surface area contributed by atoms with Crippen molar-refractivity contribution in [3.63, 3.8) is 0 Å². The molecule has 1 fully saturated rings. The summed E-state index contributed by atoms with van der Waals surface area (Å²) in [4.78, 5) is 15.0. The second kappa shape index (κ2) is 9.95. The first-order valence-corrected chi connectivity index (χ1v) is 9.41. The van der Waals surface area contributed by atoms with Gasteiger partial charge in [0.1, 0.15) is 30.2 Å². The monoisotopic (exact) mass is 382 g/mol. The molecule has 6 heteroatoms. The third kappa shape index (κ3) is 5.36. The van der Waals surface area contributed by atoms with E-state index in [-0.39, 0.29) is 6.61 Å². The molecule has 2 aromatic rings. The molecule has 1 heterocycles. The van der Waals surface area contributed by atoms with Gasteiger partial charge in [-0.25, -0.2) is 4.79 Å². The minimum Gasteiger partial charge on any atom is -0.495 e. The van der Waals surface area contributed by atoms with E-state index in [1.165, 1.54) is 6.08 Å². The maximum atomic E-state index is 10.4. The number of hydrogen-bond acceptors (Lipinski definition) is 6. The number of piperazine rings is 1. The SMILES string of the molecule is COc1ccccc1N1CCN(CC(O)COc2cccc(C=C=O)c2)CC1. The predicted molar refractivity (Wildman–Crippen MR) is 110 cm³/mol. The Morgan fingerprint density at radius 1 is 1.14 bits per heavy atom. The molecule has 0 radical (unpaired) electrons. The highest BCUT2D eigenvalue weighted by molar-refractivity contribution is 5.75. The predicted octanol–water partition coefficient (Wildman–Crippen LogP) is 2.10. The summed E-state index contributed by atoms with van der Waals surface area (Å²) >= 11 is 0. The van der Waals surface area contributed by atoms with Gasteiger partial charge in [0.15, 0.2) is 0 Å². The summed E-state index contributed by atoms with van der Waals surface area (Å²) < 4.78 is 11.1. The van der Waals surface area contributed by atoms with Crippen molar-refractivity contribution in [3.8, 4) is 11.5 Å². The smallest absolute Gasteiger partial charge is 0.142 e. The first-order chi connectivity index (χ1) is 13.7. The van der Waals surface area contributed by atoms with Gasteiger partial charge >= 0.3 is 0 Å². The van der Waals surface area contributed by atoms with Crippen molar-refractivity contribution < 1.29 is 19.4 Å². The van der Waals surface area contributed by atoms with Crippen molar-refractivity contribution >= 4 is 17.7 Å². The summed E-state index contributed by atoms with van der Waals surface area (Å²) in [5.41, 5.74) is 1.84. The van der Waals surface area contributed by atoms with Crippen LogP contribution in [0.1, 0.15) is 5.56 Å². The molecule has 148 valence electrons. The summed E-state index contributed by atoms with van der Waals surface area (Å²) in [7, 11) is 1.69. The number of aliphatic hydroxyl groups excluding tert-OH is 1. The van der Waals surface area contributed by atoms with E-state index in [1.54, 1.807) is 31.3 Å². The first kappa shape index (κ1) is 20.0. The van der Waals surface area contributed by atoms with E-state index >= 15 is 0 Å². The zero-order chi connectivity index (χ0) is 19.8. The molecule has 0 bridgehead atoms. The number of β-amino-alcohol motifs (C(OH)–C–C–N with tert-alkyl or cyclic N) is 1. The van der Waals surface area contributed by atoms with Crippen LogP contribution in [0.2, 0.25) is 0 Å². The van der Waals surface area contributed by atoms with E-state index in [4.69, 9.17) is 9.47 Å². The zero-order valence-electron chi connectivity index (χ0n) is 16.1. The maximum Gasteiger partial charge on any atom is 0.142 e. The van der Waals surface area contributed by atoms with Gasteiger partial charge in [0, 0.05) is 38.8 Å². The van der Waals surface area contributed by atoms with Gasteiger partial charge in [-0.05, 0) is 29.8 Å². The normalized spacial score (nSPS) is 15.6. The highest BCUT2D eigenvalue weighted by Gasteiger charge is 2.21. The molecule has 0 aliphatic carbocycles. The molecule has 1 aliphatic rings. The second-order valence-corrected chi connectivity index (χ2v) is 6.76. The van der Waals surface area contributed by atoms with Crippen LogP contribution >= 0.6 is 0 Å². The molecule has 6 nitrogen and oxygen atoms in total. The molecular weight excluding hydrogens is 356 g/mol. The zero-order valence-corrected chi connectivity index (χ0v) is 16.1. The van der Waals surface area contributed by atoms with Gasteiger partial charge in [-0.15, -0.1) is 0 Å². The van der Waals surface area contributed by atoms with Crippen LogP contribution in [0.3, 0.4) is 0 Å². The quantitative estimate of drug-likeness (QED) is 0.706. The number of rotatable bonds is 8. The van der Waals surface area contributed by atoms with Gasteiger partial charge in [0.05, 0.1) is 12.8 Å². The molecular formula is C22H26N2O4. The largest absolute Gasteiger partial charge is 0.495 e. The molecule has 1 aliphatic heterocycles. The van der Waals surface area contributed by atoms with Gasteiger partial charge in [0.2, 0.25) is 0 Å². The highest BCUT2D eigenvalue weighted by atomic mass is 16.5. The third-order valence-corrected chi connectivity index (χ3v) is 4.79. The summed E-state index contributed by atoms with van der Waals surface area (Å²) in [6.07, 6.45) is 0.771. The van der Waals surface area contributed by atoms with E-state index in [1.807, 2.05) is 24.3 Å². The molecule has 0 spiro atoms. The average Bonchev–Trinajstić information content (AvgIpc) is 2.73. The van der Waals surface area contributed by atoms with Crippen LogP contribution in [0.5, 0.6) is 11.5 Å². The Morgan fingerprint density at radius 2 is 1.93 bits per heavy atom. The molecule has 1 N–H and O–H groups in total. The van der Waals surface area contributed by atoms with Crippen LogP contribution in [0.4, 0.5) is 5.69 Å². The van der Waals surface area contributed by atoms with Crippen molar-refractivity contribution in [1.82, 2.24) is 4.90 Å². The summed E-state index contributed by atoms with van der Waals surface area (Å²) in [5.74, 6) is 3.27. The lowest BCUT2D eigenvalue weighted by molar-refractivity contribution is 0.0663. The van der Waals surface area contributed by atoms with Crippen molar-refractivity contribution in [3.05, 3.63) is 54.1 Å². The number of nitrogens with zero attached hydrogens (tertiary/aromatic N) is 2. The molecule has 0 aromatic heterocycles. The second-order valence-electron chi connectivity index (χ2n) is 6.76. The van der Waals surface area contributed by atoms with Gasteiger partial charge in [-0.3, -0.25) is 4.90 Å². The first-order valence-electron chi connectivity index (χ1n) is 9.41. The van der Waals surface area contributed by atoms with Crippen LogP contribution in [0, 0.1) is 0 Å². The lowest BCUT2D eigenvalue weighted by Crippen LogP contribution is -2.49. The van der Waals surface area contributed by atoms with Crippen LogP contribution in [-0.2, 0) is 4.79 Å². The van der Waals surface area contributed by atoms with Gasteiger partial charge in [-0.2, -0.15) is 0 Å². The standard InChI is InChI=1S/C22H26N2O4/c1-27-22-8-3-2-7-21(22)24-12-10-23(11-13-24)16-19(26)17-28-20-6-4-5-18(15-20)9-14-25/h2-9,15,19,26H,10-13,16-17H2,1H3. The van der Waals surface area contributed by atoms with Crippen LogP contribution < -0.4 is 14.4 Å². The summed E-state index contributed by atoms with van der Waals surface area (Å²) in [6, 6.07) is 15.2. The lowest BCUT2D eigenvalue weighted by atomic mass is 10.2. The number of para-hydroxylation sites is 2. The minimum atomic E-state index is -0.580. The Hall–Kier alpha value is -2.79. The minimum absolute atomic E-state index is 0.209. The van der Waals surface area contributed by atoms with Crippen LogP contribution in [0.25, 0.3) is 6.08 Å². The Bertz CT molecular complexity index is 812. The molecule has 2 aromatic carbocycles. The van der Waals surface area contributed by atoms with E-state index in [9.17, 15) is 9.90 Å². The molecule has 3 rings (SSSR count). The third-order valence-electron chi connectivity index (χ3n) is 4.79. The Balaban J connectivity index is 1.45. The van der Waals surface area contributed by atoms with E-state index in [0.717, 1.165) is 43.2 Å². The van der Waals surface area contributed by atoms with E-state index in [2.05, 4.69) is 15.9 Å². The number of carbonyl (C=O) groups excluding carboxylic acids is 1. The van der Waals surface area contributed by atoms with Gasteiger partial charge in [-0.1, -0.05) is 24.3 Å². The maximum absolute atomic E-state index is 10.4. The average molecular weight is 382 g/mol. The molecule has 28 heavy (non-hydrogen) atoms. The summed E-state index contributed by atoms with van der Waals surface area (Å²) in [6.45, 7) is 4.28. The molecule has 1 saturated heterocycles. The van der Waals surface area contributed by atoms with Crippen molar-refractivity contribution in [2.24, 2.45) is 0 Å². The number of benzene rings is 2. The summed E-state index contributed by atoms with van der Waals surface area (Å²) in [5, 5.41) is 10.3. The van der Waals surface area contributed by atoms with E-state index < -0.39 is 6.10 Å². The molecule has 1 atom stereocenters. The number of aliphatic hydroxyl groups is 1. The molecule has 0 saturated carbocycles. The fraction of sp³-hybridized carbons (Fsp3) is 0.364. The van der Waals surface area contributed by atoms with Crippen molar-refractivity contribution in [2.45, 2.75) is 6.10 Å². The van der Waals surface area contributed by atoms with Crippen LogP contribution in [0.15, 0.2) is 48.5 Å². The highest BCUT2D eigenvalue weighted by Crippen LogP contribution is 2.28. The fourth-order valence-electron chi connectivity index (χ4n) is 3.37. The Morgan fingerprint density at radius 3 is 2.68 bits per heavy atom. The van der Waals surface area contributed by atoms with Gasteiger partial charge in [0.25, 0.3) is 0 Å². The lowest BCUT2D eigenvalue weighted by Gasteiger charge is -2.37. The van der Waals surface area contributed by atoms with Gasteiger partial charge < -0.3 is 19.5 Å². The topological polar surface area (TPSA) is 62.2 Å². The Labute approximate surface area is 165 Å². The number of anilines is 1.